The van der Waals surface area contributed by atoms with Crippen LogP contribution in [0.3, 0.4) is 0 Å². The zero-order chi connectivity index (χ0) is 60.1. The van der Waals surface area contributed by atoms with Gasteiger partial charge in [0.2, 0.25) is 0 Å². The van der Waals surface area contributed by atoms with Gasteiger partial charge in [-0.15, -0.1) is 0 Å². The van der Waals surface area contributed by atoms with Crippen LogP contribution >= 0.6 is 7.82 Å². The summed E-state index contributed by atoms with van der Waals surface area (Å²) in [5.41, 5.74) is 5.40. The molecule has 2 unspecified atom stereocenters. The van der Waals surface area contributed by atoms with Crippen LogP contribution in [0, 0.1) is 0 Å². The molecular weight excluding hydrogens is 1050 g/mol. The molecule has 10 heteroatoms. The molecule has 0 rings (SSSR count). The zero-order valence-electron chi connectivity index (χ0n) is 55.0. The van der Waals surface area contributed by atoms with Gasteiger partial charge in [-0.25, -0.2) is 4.57 Å². The highest BCUT2D eigenvalue weighted by molar-refractivity contribution is 7.47. The first-order chi connectivity index (χ1) is 40.8. The van der Waals surface area contributed by atoms with Crippen LogP contribution in [0.2, 0.25) is 0 Å². The van der Waals surface area contributed by atoms with E-state index in [0.29, 0.717) is 6.42 Å². The lowest BCUT2D eigenvalue weighted by Crippen LogP contribution is -2.29. The summed E-state index contributed by atoms with van der Waals surface area (Å²) in [4.78, 5) is 35.4. The van der Waals surface area contributed by atoms with E-state index in [1.54, 1.807) is 0 Å². The van der Waals surface area contributed by atoms with E-state index in [4.69, 9.17) is 24.3 Å². The lowest BCUT2D eigenvalue weighted by Gasteiger charge is -2.19. The maximum absolute atomic E-state index is 12.8. The summed E-state index contributed by atoms with van der Waals surface area (Å²) in [6.45, 7) is 3.71. The number of unbranched alkanes of at least 4 members (excludes halogenated alkanes) is 48. The third kappa shape index (κ3) is 68.9. The van der Waals surface area contributed by atoms with Crippen molar-refractivity contribution in [3.8, 4) is 0 Å². The zero-order valence-corrected chi connectivity index (χ0v) is 55.8. The number of esters is 2. The van der Waals surface area contributed by atoms with Crippen molar-refractivity contribution < 1.29 is 37.6 Å². The minimum atomic E-state index is -4.39. The Morgan fingerprint density at radius 2 is 0.663 bits per heavy atom. The first-order valence-corrected chi connectivity index (χ1v) is 37.6. The summed E-state index contributed by atoms with van der Waals surface area (Å²) in [5, 5.41) is 0. The van der Waals surface area contributed by atoms with E-state index in [0.717, 1.165) is 57.8 Å². The van der Waals surface area contributed by atoms with Crippen molar-refractivity contribution in [2.45, 2.75) is 380 Å². The van der Waals surface area contributed by atoms with Crippen LogP contribution < -0.4 is 5.73 Å². The summed E-state index contributed by atoms with van der Waals surface area (Å²) in [6, 6.07) is 0. The fraction of sp³-hybridized carbons (Fsp3) is 0.863. The van der Waals surface area contributed by atoms with Crippen molar-refractivity contribution in [3.05, 3.63) is 48.6 Å². The minimum Gasteiger partial charge on any atom is -0.462 e. The Morgan fingerprint density at radius 1 is 0.373 bits per heavy atom. The van der Waals surface area contributed by atoms with E-state index in [-0.39, 0.29) is 38.6 Å². The van der Waals surface area contributed by atoms with Gasteiger partial charge in [-0.05, 0) is 51.4 Å². The highest BCUT2D eigenvalue weighted by Gasteiger charge is 2.26. The predicted molar refractivity (Wildman–Crippen MR) is 358 cm³/mol. The Morgan fingerprint density at radius 3 is 0.988 bits per heavy atom. The van der Waals surface area contributed by atoms with Crippen molar-refractivity contribution in [2.24, 2.45) is 5.73 Å². The van der Waals surface area contributed by atoms with Gasteiger partial charge in [0, 0.05) is 19.4 Å². The van der Waals surface area contributed by atoms with E-state index in [1.807, 2.05) is 0 Å². The van der Waals surface area contributed by atoms with Gasteiger partial charge in [-0.3, -0.25) is 18.6 Å². The molecule has 0 saturated carbocycles. The van der Waals surface area contributed by atoms with Gasteiger partial charge in [0.15, 0.2) is 6.10 Å². The van der Waals surface area contributed by atoms with Crippen molar-refractivity contribution >= 4 is 19.8 Å². The number of nitrogens with two attached hydrogens (primary N) is 1. The van der Waals surface area contributed by atoms with Gasteiger partial charge >= 0.3 is 19.8 Å². The average Bonchev–Trinajstić information content (AvgIpc) is 3.48. The van der Waals surface area contributed by atoms with Crippen LogP contribution in [-0.4, -0.2) is 49.3 Å². The molecule has 0 radical (unpaired) electrons. The molecule has 0 amide bonds. The molecule has 0 aliphatic carbocycles. The molecule has 0 spiro atoms. The lowest BCUT2D eigenvalue weighted by molar-refractivity contribution is -0.161. The summed E-state index contributed by atoms with van der Waals surface area (Å²) < 4.78 is 33.2. The minimum absolute atomic E-state index is 0.0566. The monoisotopic (exact) mass is 1190 g/mol. The standard InChI is InChI=1S/C73H138NO8P/c1-3-5-7-9-11-13-15-17-19-21-23-25-27-28-29-30-31-32-33-34-35-36-37-38-39-40-41-42-44-46-48-50-52-54-56-58-60-62-64-66-73(76)82-71(70-81-83(77,78)80-68-67-74)69-79-72(75)65-63-61-59-57-55-53-51-49-47-45-43-26-24-22-20-18-16-14-12-10-8-6-4-2/h5,7,11,13,17,19,23,25,71H,3-4,6,8-10,12,14-16,18,20-22,24,26-70,74H2,1-2H3,(H,77,78)/b7-5-,13-11-,19-17-,25-23-. The molecular formula is C73H138NO8P. The molecule has 0 aromatic carbocycles. The number of ether oxygens (including phenoxy) is 2. The second-order valence-corrected chi connectivity index (χ2v) is 25.9. The molecule has 0 fully saturated rings. The highest BCUT2D eigenvalue weighted by Crippen LogP contribution is 2.43. The quantitative estimate of drug-likeness (QED) is 0.0264. The number of phosphoric acid groups is 1. The third-order valence-electron chi connectivity index (χ3n) is 16.2. The molecule has 0 bridgehead atoms. The molecule has 2 atom stereocenters. The van der Waals surface area contributed by atoms with Crippen molar-refractivity contribution in [2.75, 3.05) is 26.4 Å². The summed E-state index contributed by atoms with van der Waals surface area (Å²) >= 11 is 0. The van der Waals surface area contributed by atoms with E-state index >= 15 is 0 Å². The number of hydrogen-bond acceptors (Lipinski definition) is 8. The molecule has 83 heavy (non-hydrogen) atoms. The lowest BCUT2D eigenvalue weighted by atomic mass is 10.0. The number of carbonyl (C=O) groups excluding carboxylic acids is 2. The van der Waals surface area contributed by atoms with Gasteiger partial charge in [-0.2, -0.15) is 0 Å². The van der Waals surface area contributed by atoms with Gasteiger partial charge in [0.05, 0.1) is 13.2 Å². The Hall–Kier alpha value is -2.03. The van der Waals surface area contributed by atoms with Crippen LogP contribution in [0.4, 0.5) is 0 Å². The van der Waals surface area contributed by atoms with Gasteiger partial charge in [-0.1, -0.05) is 358 Å². The topological polar surface area (TPSA) is 134 Å². The van der Waals surface area contributed by atoms with Crippen LogP contribution in [0.1, 0.15) is 373 Å². The fourth-order valence-corrected chi connectivity index (χ4v) is 11.7. The summed E-state index contributed by atoms with van der Waals surface area (Å²) in [5.74, 6) is -0.802. The molecule has 0 aliphatic heterocycles. The van der Waals surface area contributed by atoms with Crippen LogP contribution in [0.25, 0.3) is 0 Å². The summed E-state index contributed by atoms with van der Waals surface area (Å²) in [6.07, 6.45) is 88.0. The molecule has 0 heterocycles. The number of phosphoric ester groups is 1. The molecule has 3 N–H and O–H groups in total. The number of rotatable bonds is 69. The van der Waals surface area contributed by atoms with Crippen LogP contribution in [0.5, 0.6) is 0 Å². The molecule has 0 aliphatic rings. The molecule has 0 aromatic rings. The number of hydrogen-bond donors (Lipinski definition) is 2. The van der Waals surface area contributed by atoms with Crippen LogP contribution in [0.15, 0.2) is 48.6 Å². The summed E-state index contributed by atoms with van der Waals surface area (Å²) in [7, 11) is -4.39. The average molecular weight is 1190 g/mol. The molecule has 9 nitrogen and oxygen atoms in total. The Bertz CT molecular complexity index is 1500. The van der Waals surface area contributed by atoms with Gasteiger partial charge in [0.25, 0.3) is 0 Å². The van der Waals surface area contributed by atoms with E-state index in [2.05, 4.69) is 62.5 Å². The number of allylic oxidation sites excluding steroid dienone is 8. The maximum Gasteiger partial charge on any atom is 0.472 e. The van der Waals surface area contributed by atoms with E-state index < -0.39 is 26.5 Å². The van der Waals surface area contributed by atoms with Gasteiger partial charge < -0.3 is 20.1 Å². The van der Waals surface area contributed by atoms with Gasteiger partial charge in [0.1, 0.15) is 6.61 Å². The maximum atomic E-state index is 12.8. The number of carbonyl (C=O) groups is 2. The predicted octanol–water partition coefficient (Wildman–Crippen LogP) is 23.6. The SMILES string of the molecule is CC/C=C\C/C=C\C/C=C\C/C=C\CCCCCCCCCCCCCCCCCCCCCCCCCCCCC(=O)OC(COC(=O)CCCCCCCCCCCCCCCCCCCCCCCCC)COP(=O)(O)OCCN. The molecule has 0 aromatic heterocycles. The van der Waals surface area contributed by atoms with E-state index in [9.17, 15) is 19.0 Å². The Kier molecular flexibility index (Phi) is 67.4. The molecule has 488 valence electrons. The first kappa shape index (κ1) is 81.0. The second kappa shape index (κ2) is 69.1. The van der Waals surface area contributed by atoms with Crippen molar-refractivity contribution in [1.82, 2.24) is 0 Å². The molecule has 0 saturated heterocycles. The Balaban J connectivity index is 3.76. The largest absolute Gasteiger partial charge is 0.472 e. The normalized spacial score (nSPS) is 13.2. The smallest absolute Gasteiger partial charge is 0.462 e. The first-order valence-electron chi connectivity index (χ1n) is 36.1. The third-order valence-corrected chi connectivity index (χ3v) is 17.2. The fourth-order valence-electron chi connectivity index (χ4n) is 10.9. The highest BCUT2D eigenvalue weighted by atomic mass is 31.2. The van der Waals surface area contributed by atoms with Crippen LogP contribution in [-0.2, 0) is 32.7 Å². The Labute approximate surface area is 515 Å². The second-order valence-electron chi connectivity index (χ2n) is 24.4. The van der Waals surface area contributed by atoms with Crippen molar-refractivity contribution in [1.29, 1.82) is 0 Å². The van der Waals surface area contributed by atoms with E-state index in [1.165, 1.54) is 283 Å². The van der Waals surface area contributed by atoms with Crippen molar-refractivity contribution in [3.63, 3.8) is 0 Å².